The van der Waals surface area contributed by atoms with Crippen molar-refractivity contribution >= 4 is 27.8 Å². The van der Waals surface area contributed by atoms with Gasteiger partial charge in [-0.2, -0.15) is 11.8 Å². The number of hydrogen-bond acceptors (Lipinski definition) is 5. The second kappa shape index (κ2) is 5.77. The van der Waals surface area contributed by atoms with E-state index in [1.54, 1.807) is 6.92 Å². The van der Waals surface area contributed by atoms with E-state index in [0.29, 0.717) is 5.75 Å². The first kappa shape index (κ1) is 15.1. The van der Waals surface area contributed by atoms with Gasteiger partial charge in [0.05, 0.1) is 0 Å². The Labute approximate surface area is 110 Å². The van der Waals surface area contributed by atoms with E-state index in [1.807, 2.05) is 6.26 Å². The summed E-state index contributed by atoms with van der Waals surface area (Å²) < 4.78 is 31.3. The van der Waals surface area contributed by atoms with E-state index in [9.17, 15) is 13.2 Å². The third-order valence-corrected chi connectivity index (χ3v) is 4.68. The van der Waals surface area contributed by atoms with Gasteiger partial charge in [0.15, 0.2) is 0 Å². The van der Waals surface area contributed by atoms with E-state index in [2.05, 4.69) is 4.72 Å². The van der Waals surface area contributed by atoms with Crippen molar-refractivity contribution < 1.29 is 22.7 Å². The fourth-order valence-corrected chi connectivity index (χ4v) is 3.56. The van der Waals surface area contributed by atoms with Gasteiger partial charge in [0.1, 0.15) is 10.7 Å². The molecule has 0 aliphatic rings. The maximum absolute atomic E-state index is 12.0. The van der Waals surface area contributed by atoms with E-state index < -0.39 is 16.0 Å². The van der Waals surface area contributed by atoms with Crippen molar-refractivity contribution in [3.63, 3.8) is 0 Å². The number of aryl methyl sites for hydroxylation is 1. The van der Waals surface area contributed by atoms with Crippen LogP contribution in [0, 0.1) is 6.92 Å². The Morgan fingerprint density at radius 2 is 2.22 bits per heavy atom. The minimum Gasteiger partial charge on any atom is -0.475 e. The molecule has 0 aliphatic carbocycles. The topological polar surface area (TPSA) is 96.6 Å². The van der Waals surface area contributed by atoms with Crippen LogP contribution in [-0.4, -0.2) is 37.5 Å². The van der Waals surface area contributed by atoms with Gasteiger partial charge in [-0.1, -0.05) is 0 Å². The minimum absolute atomic E-state index is 0.0660. The van der Waals surface area contributed by atoms with Gasteiger partial charge in [0.2, 0.25) is 15.8 Å². The summed E-state index contributed by atoms with van der Waals surface area (Å²) >= 11 is 1.52. The van der Waals surface area contributed by atoms with Crippen molar-refractivity contribution in [3.05, 3.63) is 17.6 Å². The van der Waals surface area contributed by atoms with Gasteiger partial charge in [-0.3, -0.25) is 0 Å². The molecule has 0 amide bonds. The molecule has 0 aliphatic heterocycles. The molecule has 0 fully saturated rings. The number of rotatable bonds is 6. The zero-order valence-electron chi connectivity index (χ0n) is 10.3. The smallest absolute Gasteiger partial charge is 0.371 e. The number of thioether (sulfide) groups is 1. The van der Waals surface area contributed by atoms with Crippen LogP contribution in [0.2, 0.25) is 0 Å². The van der Waals surface area contributed by atoms with Crippen LogP contribution in [0.4, 0.5) is 0 Å². The summed E-state index contributed by atoms with van der Waals surface area (Å²) in [6, 6.07) is 0.777. The molecule has 1 heterocycles. The first-order valence-electron chi connectivity index (χ1n) is 5.13. The second-order valence-electron chi connectivity index (χ2n) is 3.81. The highest BCUT2D eigenvalue weighted by molar-refractivity contribution is 7.98. The molecule has 0 radical (unpaired) electrons. The summed E-state index contributed by atoms with van der Waals surface area (Å²) in [7, 11) is -3.75. The Hall–Kier alpha value is -0.990. The lowest BCUT2D eigenvalue weighted by Crippen LogP contribution is -2.34. The third-order valence-electron chi connectivity index (χ3n) is 2.15. The summed E-state index contributed by atoms with van der Waals surface area (Å²) in [5.41, 5.74) is 0. The first-order valence-corrected chi connectivity index (χ1v) is 8.00. The molecule has 0 bridgehead atoms. The molecule has 6 nitrogen and oxygen atoms in total. The first-order chi connectivity index (χ1) is 8.27. The number of hydrogen-bond donors (Lipinski definition) is 2. The number of carboxylic acids is 1. The van der Waals surface area contributed by atoms with Crippen LogP contribution >= 0.6 is 11.8 Å². The molecular formula is C10H15NO5S2. The Morgan fingerprint density at radius 1 is 1.61 bits per heavy atom. The highest BCUT2D eigenvalue weighted by Crippen LogP contribution is 2.20. The summed E-state index contributed by atoms with van der Waals surface area (Å²) in [5, 5.41) is 8.74. The van der Waals surface area contributed by atoms with Crippen molar-refractivity contribution in [3.8, 4) is 0 Å². The van der Waals surface area contributed by atoms with Gasteiger partial charge in [-0.05, 0) is 20.1 Å². The van der Waals surface area contributed by atoms with Gasteiger partial charge in [0.25, 0.3) is 0 Å². The standard InChI is InChI=1S/C10H15NO5S2/c1-6(5-17-3)11-18(14,15)9-4-8(10(12)13)16-7(9)2/h4,6,11H,5H2,1-3H3,(H,12,13). The van der Waals surface area contributed by atoms with Crippen molar-refractivity contribution in [1.29, 1.82) is 0 Å². The Bertz CT molecular complexity index is 534. The monoisotopic (exact) mass is 293 g/mol. The number of sulfonamides is 1. The molecule has 8 heteroatoms. The fourth-order valence-electron chi connectivity index (χ4n) is 1.45. The van der Waals surface area contributed by atoms with Crippen LogP contribution in [0.15, 0.2) is 15.4 Å². The Morgan fingerprint density at radius 3 is 2.67 bits per heavy atom. The number of carboxylic acid groups (broad SMARTS) is 1. The van der Waals surface area contributed by atoms with Crippen LogP contribution in [-0.2, 0) is 10.0 Å². The van der Waals surface area contributed by atoms with E-state index in [4.69, 9.17) is 9.52 Å². The predicted octanol–water partition coefficient (Wildman–Crippen LogP) is 1.32. The number of carbonyl (C=O) groups is 1. The quantitative estimate of drug-likeness (QED) is 0.821. The number of aromatic carboxylic acids is 1. The van der Waals surface area contributed by atoms with Crippen LogP contribution in [0.1, 0.15) is 23.2 Å². The van der Waals surface area contributed by atoms with Gasteiger partial charge >= 0.3 is 5.97 Å². The van der Waals surface area contributed by atoms with E-state index in [-0.39, 0.29) is 22.5 Å². The van der Waals surface area contributed by atoms with Crippen molar-refractivity contribution in [1.82, 2.24) is 4.72 Å². The maximum Gasteiger partial charge on any atom is 0.371 e. The average Bonchev–Trinajstić information content (AvgIpc) is 2.60. The lowest BCUT2D eigenvalue weighted by Gasteiger charge is -2.11. The lowest BCUT2D eigenvalue weighted by atomic mass is 10.4. The van der Waals surface area contributed by atoms with Crippen molar-refractivity contribution in [2.75, 3.05) is 12.0 Å². The van der Waals surface area contributed by atoms with Crippen molar-refractivity contribution in [2.45, 2.75) is 24.8 Å². The van der Waals surface area contributed by atoms with Crippen LogP contribution in [0.25, 0.3) is 0 Å². The largest absolute Gasteiger partial charge is 0.475 e. The normalized spacial score (nSPS) is 13.5. The zero-order chi connectivity index (χ0) is 13.9. The van der Waals surface area contributed by atoms with Gasteiger partial charge in [0, 0.05) is 17.9 Å². The minimum atomic E-state index is -3.75. The maximum atomic E-state index is 12.0. The van der Waals surface area contributed by atoms with Gasteiger partial charge in [-0.15, -0.1) is 0 Å². The molecule has 0 spiro atoms. The highest BCUT2D eigenvalue weighted by atomic mass is 32.2. The lowest BCUT2D eigenvalue weighted by molar-refractivity contribution is 0.0661. The van der Waals surface area contributed by atoms with Gasteiger partial charge < -0.3 is 9.52 Å². The molecule has 0 saturated heterocycles. The summed E-state index contributed by atoms with van der Waals surface area (Å²) in [5.74, 6) is -0.986. The zero-order valence-corrected chi connectivity index (χ0v) is 11.9. The van der Waals surface area contributed by atoms with Crippen molar-refractivity contribution in [2.24, 2.45) is 0 Å². The van der Waals surface area contributed by atoms with Crippen LogP contribution in [0.5, 0.6) is 0 Å². The predicted molar refractivity (Wildman–Crippen MR) is 68.6 cm³/mol. The summed E-state index contributed by atoms with van der Waals surface area (Å²) in [6.07, 6.45) is 1.87. The molecule has 2 N–H and O–H groups in total. The molecule has 0 saturated carbocycles. The summed E-state index contributed by atoms with van der Waals surface area (Å²) in [4.78, 5) is 10.6. The number of furan rings is 1. The summed E-state index contributed by atoms with van der Waals surface area (Å²) in [6.45, 7) is 3.15. The van der Waals surface area contributed by atoms with E-state index in [1.165, 1.54) is 18.7 Å². The highest BCUT2D eigenvalue weighted by Gasteiger charge is 2.25. The fraction of sp³-hybridized carbons (Fsp3) is 0.500. The molecule has 1 rings (SSSR count). The SMILES string of the molecule is CSCC(C)NS(=O)(=O)c1cc(C(=O)O)oc1C. The molecule has 1 atom stereocenters. The molecule has 102 valence electrons. The van der Waals surface area contributed by atoms with E-state index in [0.717, 1.165) is 6.07 Å². The second-order valence-corrected chi connectivity index (χ2v) is 6.41. The molecule has 0 aromatic carbocycles. The Kier molecular flexibility index (Phi) is 4.83. The number of nitrogens with one attached hydrogen (secondary N) is 1. The third kappa shape index (κ3) is 3.50. The molecule has 1 aromatic rings. The van der Waals surface area contributed by atoms with Crippen LogP contribution < -0.4 is 4.72 Å². The van der Waals surface area contributed by atoms with Gasteiger partial charge in [-0.25, -0.2) is 17.9 Å². The molecule has 18 heavy (non-hydrogen) atoms. The molecule has 1 unspecified atom stereocenters. The average molecular weight is 293 g/mol. The molecule has 1 aromatic heterocycles. The van der Waals surface area contributed by atoms with E-state index >= 15 is 0 Å². The molecular weight excluding hydrogens is 278 g/mol. The Balaban J connectivity index is 3.01. The van der Waals surface area contributed by atoms with Crippen LogP contribution in [0.3, 0.4) is 0 Å².